The SMILES string of the molecule is FC(F)(F)c1nnc(Oc2cccc(C=NNc3nc(-c4ccccc4)cs3)c2)s1. The average Bonchev–Trinajstić information content (AvgIpc) is 3.39. The number of aromatic nitrogens is 3. The number of hydrazone groups is 1. The topological polar surface area (TPSA) is 72.3 Å². The van der Waals surface area contributed by atoms with Crippen LogP contribution in [0.25, 0.3) is 11.3 Å². The Morgan fingerprint density at radius 2 is 1.87 bits per heavy atom. The maximum absolute atomic E-state index is 12.6. The molecule has 4 aromatic rings. The highest BCUT2D eigenvalue weighted by atomic mass is 32.1. The number of nitrogens with one attached hydrogen (secondary N) is 1. The molecule has 2 heterocycles. The fourth-order valence-corrected chi connectivity index (χ4v) is 3.60. The van der Waals surface area contributed by atoms with Gasteiger partial charge in [0.25, 0.3) is 5.19 Å². The lowest BCUT2D eigenvalue weighted by atomic mass is 10.2. The van der Waals surface area contributed by atoms with Crippen molar-refractivity contribution in [3.63, 3.8) is 0 Å². The minimum atomic E-state index is -4.55. The van der Waals surface area contributed by atoms with E-state index in [1.807, 2.05) is 35.7 Å². The number of rotatable bonds is 6. The first-order chi connectivity index (χ1) is 14.5. The molecule has 0 aliphatic rings. The van der Waals surface area contributed by atoms with E-state index in [4.69, 9.17) is 4.74 Å². The fourth-order valence-electron chi connectivity index (χ4n) is 2.35. The van der Waals surface area contributed by atoms with Crippen LogP contribution < -0.4 is 10.2 Å². The number of hydrogen-bond acceptors (Lipinski definition) is 8. The molecule has 30 heavy (non-hydrogen) atoms. The Morgan fingerprint density at radius 1 is 1.03 bits per heavy atom. The number of anilines is 1. The number of alkyl halides is 3. The summed E-state index contributed by atoms with van der Waals surface area (Å²) in [6.07, 6.45) is -2.99. The van der Waals surface area contributed by atoms with Gasteiger partial charge in [-0.15, -0.1) is 16.4 Å². The summed E-state index contributed by atoms with van der Waals surface area (Å²) in [5, 5.41) is 12.0. The molecule has 2 aromatic carbocycles. The minimum Gasteiger partial charge on any atom is -0.430 e. The maximum Gasteiger partial charge on any atom is 0.445 e. The van der Waals surface area contributed by atoms with Gasteiger partial charge < -0.3 is 4.74 Å². The van der Waals surface area contributed by atoms with Crippen molar-refractivity contribution in [2.75, 3.05) is 5.43 Å². The molecule has 152 valence electrons. The second-order valence-corrected chi connectivity index (χ2v) is 7.62. The minimum absolute atomic E-state index is 0.189. The van der Waals surface area contributed by atoms with Crippen LogP contribution in [0, 0.1) is 0 Å². The molecule has 0 saturated heterocycles. The molecule has 0 amide bonds. The molecule has 0 aliphatic heterocycles. The maximum atomic E-state index is 12.6. The van der Waals surface area contributed by atoms with Crippen molar-refractivity contribution in [2.24, 2.45) is 5.10 Å². The van der Waals surface area contributed by atoms with Crippen LogP contribution in [-0.2, 0) is 6.18 Å². The van der Waals surface area contributed by atoms with Gasteiger partial charge in [-0.05, 0) is 17.7 Å². The molecule has 4 rings (SSSR count). The van der Waals surface area contributed by atoms with E-state index in [2.05, 4.69) is 25.7 Å². The summed E-state index contributed by atoms with van der Waals surface area (Å²) in [4.78, 5) is 4.47. The molecule has 1 N–H and O–H groups in total. The Labute approximate surface area is 176 Å². The molecule has 0 saturated carbocycles. The zero-order chi connectivity index (χ0) is 21.0. The number of thiazole rings is 1. The number of hydrogen-bond donors (Lipinski definition) is 1. The van der Waals surface area contributed by atoms with Gasteiger partial charge in [-0.3, -0.25) is 5.43 Å². The summed E-state index contributed by atoms with van der Waals surface area (Å²) >= 11 is 1.76. The van der Waals surface area contributed by atoms with Crippen LogP contribution in [-0.4, -0.2) is 21.4 Å². The van der Waals surface area contributed by atoms with E-state index in [1.54, 1.807) is 30.5 Å². The molecule has 11 heteroatoms. The number of halogens is 3. The number of benzene rings is 2. The molecule has 0 atom stereocenters. The van der Waals surface area contributed by atoms with Gasteiger partial charge in [-0.25, -0.2) is 4.98 Å². The Hall–Kier alpha value is -3.31. The smallest absolute Gasteiger partial charge is 0.430 e. The second kappa shape index (κ2) is 8.59. The normalized spacial score (nSPS) is 11.7. The van der Waals surface area contributed by atoms with Gasteiger partial charge in [0.2, 0.25) is 10.1 Å². The van der Waals surface area contributed by atoms with Gasteiger partial charge in [0.15, 0.2) is 0 Å². The van der Waals surface area contributed by atoms with Gasteiger partial charge in [0.05, 0.1) is 11.9 Å². The Balaban J connectivity index is 1.39. The van der Waals surface area contributed by atoms with Crippen LogP contribution in [0.15, 0.2) is 65.1 Å². The number of nitrogens with zero attached hydrogens (tertiary/aromatic N) is 4. The summed E-state index contributed by atoms with van der Waals surface area (Å²) in [6.45, 7) is 0. The fraction of sp³-hybridized carbons (Fsp3) is 0.0526. The molecule has 0 fully saturated rings. The van der Waals surface area contributed by atoms with Crippen LogP contribution in [0.5, 0.6) is 10.9 Å². The second-order valence-electron chi connectivity index (χ2n) is 5.82. The van der Waals surface area contributed by atoms with Gasteiger partial charge in [0.1, 0.15) is 5.75 Å². The first kappa shape index (κ1) is 20.0. The largest absolute Gasteiger partial charge is 0.445 e. The summed E-state index contributed by atoms with van der Waals surface area (Å²) in [5.41, 5.74) is 5.41. The van der Waals surface area contributed by atoms with Crippen molar-refractivity contribution in [1.82, 2.24) is 15.2 Å². The van der Waals surface area contributed by atoms with Gasteiger partial charge >= 0.3 is 6.18 Å². The molecule has 0 radical (unpaired) electrons. The van der Waals surface area contributed by atoms with Crippen molar-refractivity contribution < 1.29 is 17.9 Å². The van der Waals surface area contributed by atoms with Crippen LogP contribution in [0.4, 0.5) is 18.3 Å². The predicted molar refractivity (Wildman–Crippen MR) is 110 cm³/mol. The van der Waals surface area contributed by atoms with E-state index in [9.17, 15) is 13.2 Å². The zero-order valence-electron chi connectivity index (χ0n) is 15.0. The highest BCUT2D eigenvalue weighted by molar-refractivity contribution is 7.14. The van der Waals surface area contributed by atoms with Crippen LogP contribution in [0.3, 0.4) is 0 Å². The van der Waals surface area contributed by atoms with E-state index in [0.717, 1.165) is 11.3 Å². The molecule has 0 spiro atoms. The lowest BCUT2D eigenvalue weighted by Gasteiger charge is -2.02. The molecular formula is C19H12F3N5OS2. The summed E-state index contributed by atoms with van der Waals surface area (Å²) in [6, 6.07) is 16.5. The third-order valence-corrected chi connectivity index (χ3v) is 5.25. The van der Waals surface area contributed by atoms with Crippen LogP contribution >= 0.6 is 22.7 Å². The Morgan fingerprint density at radius 3 is 2.63 bits per heavy atom. The van der Waals surface area contributed by atoms with Gasteiger partial charge in [-0.1, -0.05) is 58.9 Å². The van der Waals surface area contributed by atoms with Crippen molar-refractivity contribution in [2.45, 2.75) is 6.18 Å². The molecule has 6 nitrogen and oxygen atoms in total. The first-order valence-electron chi connectivity index (χ1n) is 8.46. The summed E-state index contributed by atoms with van der Waals surface area (Å²) in [5.74, 6) is 0.324. The Bertz CT molecular complexity index is 1160. The van der Waals surface area contributed by atoms with E-state index in [-0.39, 0.29) is 5.19 Å². The van der Waals surface area contributed by atoms with Gasteiger partial charge in [0, 0.05) is 10.9 Å². The van der Waals surface area contributed by atoms with Crippen molar-refractivity contribution >= 4 is 34.0 Å². The highest BCUT2D eigenvalue weighted by Gasteiger charge is 2.36. The van der Waals surface area contributed by atoms with E-state index >= 15 is 0 Å². The average molecular weight is 447 g/mol. The van der Waals surface area contributed by atoms with E-state index in [0.29, 0.717) is 27.8 Å². The zero-order valence-corrected chi connectivity index (χ0v) is 16.6. The predicted octanol–water partition coefficient (Wildman–Crippen LogP) is 5.92. The van der Waals surface area contributed by atoms with Crippen LogP contribution in [0.1, 0.15) is 10.6 Å². The Kier molecular flexibility index (Phi) is 5.72. The third kappa shape index (κ3) is 4.99. The molecule has 2 aromatic heterocycles. The molecular weight excluding hydrogens is 435 g/mol. The monoisotopic (exact) mass is 447 g/mol. The quantitative estimate of drug-likeness (QED) is 0.293. The lowest BCUT2D eigenvalue weighted by molar-refractivity contribution is -0.138. The number of ether oxygens (including phenoxy) is 1. The van der Waals surface area contributed by atoms with Gasteiger partial charge in [-0.2, -0.15) is 18.3 Å². The molecule has 0 unspecified atom stereocenters. The van der Waals surface area contributed by atoms with E-state index in [1.165, 1.54) is 11.3 Å². The standard InChI is InChI=1S/C19H12F3N5OS2/c20-19(21,22)16-25-27-18(30-16)28-14-8-4-5-12(9-14)10-23-26-17-24-15(11-29-17)13-6-2-1-3-7-13/h1-11H,(H,24,26). The van der Waals surface area contributed by atoms with E-state index < -0.39 is 11.2 Å². The lowest BCUT2D eigenvalue weighted by Crippen LogP contribution is -2.03. The van der Waals surface area contributed by atoms with Crippen molar-refractivity contribution in [3.05, 3.63) is 70.5 Å². The summed E-state index contributed by atoms with van der Waals surface area (Å²) < 4.78 is 43.2. The molecule has 0 bridgehead atoms. The summed E-state index contributed by atoms with van der Waals surface area (Å²) in [7, 11) is 0. The van der Waals surface area contributed by atoms with Crippen molar-refractivity contribution in [3.8, 4) is 22.2 Å². The van der Waals surface area contributed by atoms with Crippen LogP contribution in [0.2, 0.25) is 0 Å². The first-order valence-corrected chi connectivity index (χ1v) is 10.2. The van der Waals surface area contributed by atoms with Crippen molar-refractivity contribution in [1.29, 1.82) is 0 Å². The third-order valence-electron chi connectivity index (χ3n) is 3.66. The highest BCUT2D eigenvalue weighted by Crippen LogP contribution is 2.35. The molecule has 0 aliphatic carbocycles.